The van der Waals surface area contributed by atoms with E-state index in [-0.39, 0.29) is 11.8 Å². The Balaban J connectivity index is 1.90. The van der Waals surface area contributed by atoms with Gasteiger partial charge in [0, 0.05) is 25.4 Å². The minimum atomic E-state index is 0.149. The highest BCUT2D eigenvalue weighted by Gasteiger charge is 2.24. The molecule has 0 radical (unpaired) electrons. The summed E-state index contributed by atoms with van der Waals surface area (Å²) < 4.78 is 0. The molecule has 2 aromatic rings. The molecule has 2 heteroatoms. The third-order valence-corrected chi connectivity index (χ3v) is 4.60. The predicted molar refractivity (Wildman–Crippen MR) is 89.9 cm³/mol. The first-order valence-corrected chi connectivity index (χ1v) is 8.14. The predicted octanol–water partition coefficient (Wildman–Crippen LogP) is 4.14. The van der Waals surface area contributed by atoms with Gasteiger partial charge in [0.2, 0.25) is 5.91 Å². The van der Waals surface area contributed by atoms with Crippen LogP contribution < -0.4 is 0 Å². The number of rotatable bonds is 4. The molecule has 1 heterocycles. The summed E-state index contributed by atoms with van der Waals surface area (Å²) in [6.45, 7) is 3.98. The second-order valence-corrected chi connectivity index (χ2v) is 6.11. The molecule has 0 aromatic heterocycles. The van der Waals surface area contributed by atoms with Crippen molar-refractivity contribution in [2.24, 2.45) is 0 Å². The number of benzene rings is 2. The summed E-state index contributed by atoms with van der Waals surface area (Å²) in [6.07, 6.45) is 2.85. The monoisotopic (exact) mass is 293 g/mol. The lowest BCUT2D eigenvalue weighted by Gasteiger charge is -2.23. The molecule has 0 aliphatic carbocycles. The zero-order valence-electron chi connectivity index (χ0n) is 13.2. The molecule has 2 aromatic carbocycles. The molecule has 114 valence electrons. The van der Waals surface area contributed by atoms with Gasteiger partial charge in [0.05, 0.1) is 0 Å². The molecule has 0 N–H and O–H groups in total. The zero-order valence-corrected chi connectivity index (χ0v) is 13.2. The maximum Gasteiger partial charge on any atom is 0.223 e. The summed E-state index contributed by atoms with van der Waals surface area (Å²) in [5, 5.41) is 0. The summed E-state index contributed by atoms with van der Waals surface area (Å²) in [5.74, 6) is 0.435. The van der Waals surface area contributed by atoms with Crippen LogP contribution in [0.25, 0.3) is 0 Å². The summed E-state index contributed by atoms with van der Waals surface area (Å²) in [4.78, 5) is 14.7. The number of nitrogens with zero attached hydrogens (tertiary/aromatic N) is 1. The molecular weight excluding hydrogens is 270 g/mol. The van der Waals surface area contributed by atoms with Crippen molar-refractivity contribution in [3.05, 3.63) is 71.3 Å². The number of carbonyl (C=O) groups is 1. The normalized spacial score (nSPS) is 15.8. The topological polar surface area (TPSA) is 20.3 Å². The molecule has 2 nitrogen and oxygen atoms in total. The number of hydrogen-bond acceptors (Lipinski definition) is 1. The standard InChI is InChI=1S/C20H23NO/c1-16-9-5-6-12-18(16)19(17-10-3-2-4-11-17)15-20(22)21-13-7-8-14-21/h2-6,9-12,19H,7-8,13-15H2,1H3. The summed E-state index contributed by atoms with van der Waals surface area (Å²) in [6, 6.07) is 18.8. The Kier molecular flexibility index (Phi) is 4.57. The Labute approximate surface area is 132 Å². The van der Waals surface area contributed by atoms with Crippen molar-refractivity contribution >= 4 is 5.91 Å². The van der Waals surface area contributed by atoms with E-state index in [9.17, 15) is 4.79 Å². The van der Waals surface area contributed by atoms with Gasteiger partial charge in [-0.05, 0) is 36.5 Å². The number of amides is 1. The van der Waals surface area contributed by atoms with Crippen molar-refractivity contribution in [2.75, 3.05) is 13.1 Å². The Morgan fingerprint density at radius 1 is 1.00 bits per heavy atom. The smallest absolute Gasteiger partial charge is 0.223 e. The highest BCUT2D eigenvalue weighted by Crippen LogP contribution is 2.31. The van der Waals surface area contributed by atoms with Crippen LogP contribution in [0.1, 0.15) is 41.9 Å². The maximum atomic E-state index is 12.6. The van der Waals surface area contributed by atoms with Gasteiger partial charge in [-0.2, -0.15) is 0 Å². The fourth-order valence-corrected chi connectivity index (χ4v) is 3.34. The molecule has 1 amide bonds. The van der Waals surface area contributed by atoms with E-state index in [1.165, 1.54) is 16.7 Å². The first kappa shape index (κ1) is 14.8. The van der Waals surface area contributed by atoms with Crippen LogP contribution in [0.3, 0.4) is 0 Å². The lowest BCUT2D eigenvalue weighted by atomic mass is 9.86. The van der Waals surface area contributed by atoms with Crippen molar-refractivity contribution in [1.82, 2.24) is 4.90 Å². The van der Waals surface area contributed by atoms with Gasteiger partial charge in [0.25, 0.3) is 0 Å². The summed E-state index contributed by atoms with van der Waals surface area (Å²) in [5.41, 5.74) is 3.75. The fraction of sp³-hybridized carbons (Fsp3) is 0.350. The molecule has 1 unspecified atom stereocenters. The first-order valence-electron chi connectivity index (χ1n) is 8.14. The van der Waals surface area contributed by atoms with Crippen LogP contribution in [-0.4, -0.2) is 23.9 Å². The van der Waals surface area contributed by atoms with Crippen LogP contribution in [0.2, 0.25) is 0 Å². The van der Waals surface area contributed by atoms with Crippen molar-refractivity contribution in [3.8, 4) is 0 Å². The van der Waals surface area contributed by atoms with Crippen LogP contribution in [0, 0.1) is 6.92 Å². The maximum absolute atomic E-state index is 12.6. The Bertz CT molecular complexity index is 629. The van der Waals surface area contributed by atoms with Crippen LogP contribution in [0.5, 0.6) is 0 Å². The molecule has 1 aliphatic heterocycles. The van der Waals surface area contributed by atoms with Crippen LogP contribution in [0.15, 0.2) is 54.6 Å². The van der Waals surface area contributed by atoms with E-state index in [1.54, 1.807) is 0 Å². The highest BCUT2D eigenvalue weighted by atomic mass is 16.2. The Morgan fingerprint density at radius 3 is 2.32 bits per heavy atom. The second kappa shape index (κ2) is 6.78. The molecule has 1 aliphatic rings. The van der Waals surface area contributed by atoms with E-state index in [2.05, 4.69) is 55.5 Å². The van der Waals surface area contributed by atoms with E-state index in [0.29, 0.717) is 6.42 Å². The summed E-state index contributed by atoms with van der Waals surface area (Å²) >= 11 is 0. The van der Waals surface area contributed by atoms with Gasteiger partial charge in [0.15, 0.2) is 0 Å². The Hall–Kier alpha value is -2.09. The quantitative estimate of drug-likeness (QED) is 0.829. The van der Waals surface area contributed by atoms with Crippen molar-refractivity contribution in [2.45, 2.75) is 32.1 Å². The van der Waals surface area contributed by atoms with Crippen molar-refractivity contribution in [3.63, 3.8) is 0 Å². The van der Waals surface area contributed by atoms with Gasteiger partial charge in [-0.1, -0.05) is 54.6 Å². The minimum absolute atomic E-state index is 0.149. The number of hydrogen-bond donors (Lipinski definition) is 0. The van der Waals surface area contributed by atoms with E-state index >= 15 is 0 Å². The molecule has 1 atom stereocenters. The van der Waals surface area contributed by atoms with E-state index in [1.807, 2.05) is 11.0 Å². The van der Waals surface area contributed by atoms with Gasteiger partial charge in [-0.15, -0.1) is 0 Å². The molecule has 22 heavy (non-hydrogen) atoms. The van der Waals surface area contributed by atoms with E-state index in [4.69, 9.17) is 0 Å². The van der Waals surface area contributed by atoms with Gasteiger partial charge in [-0.3, -0.25) is 4.79 Å². The second-order valence-electron chi connectivity index (χ2n) is 6.11. The number of likely N-dealkylation sites (tertiary alicyclic amines) is 1. The van der Waals surface area contributed by atoms with E-state index in [0.717, 1.165) is 25.9 Å². The number of aryl methyl sites for hydroxylation is 1. The van der Waals surface area contributed by atoms with Gasteiger partial charge in [0.1, 0.15) is 0 Å². The molecular formula is C20H23NO. The highest BCUT2D eigenvalue weighted by molar-refractivity contribution is 5.78. The number of carbonyl (C=O) groups excluding carboxylic acids is 1. The van der Waals surface area contributed by atoms with Gasteiger partial charge < -0.3 is 4.90 Å². The summed E-state index contributed by atoms with van der Waals surface area (Å²) in [7, 11) is 0. The third-order valence-electron chi connectivity index (χ3n) is 4.60. The minimum Gasteiger partial charge on any atom is -0.343 e. The van der Waals surface area contributed by atoms with E-state index < -0.39 is 0 Å². The molecule has 1 fully saturated rings. The van der Waals surface area contributed by atoms with Gasteiger partial charge in [-0.25, -0.2) is 0 Å². The van der Waals surface area contributed by atoms with Gasteiger partial charge >= 0.3 is 0 Å². The largest absolute Gasteiger partial charge is 0.343 e. The molecule has 0 bridgehead atoms. The molecule has 0 spiro atoms. The Morgan fingerprint density at radius 2 is 1.64 bits per heavy atom. The third kappa shape index (κ3) is 3.22. The molecule has 3 rings (SSSR count). The first-order chi connectivity index (χ1) is 10.8. The lowest BCUT2D eigenvalue weighted by Crippen LogP contribution is -2.29. The fourth-order valence-electron chi connectivity index (χ4n) is 3.34. The SMILES string of the molecule is Cc1ccccc1C(CC(=O)N1CCCC1)c1ccccc1. The van der Waals surface area contributed by atoms with Crippen molar-refractivity contribution in [1.29, 1.82) is 0 Å². The zero-order chi connectivity index (χ0) is 15.4. The van der Waals surface area contributed by atoms with Crippen LogP contribution in [-0.2, 0) is 4.79 Å². The lowest BCUT2D eigenvalue weighted by molar-refractivity contribution is -0.130. The molecule has 0 saturated carbocycles. The van der Waals surface area contributed by atoms with Crippen molar-refractivity contribution < 1.29 is 4.79 Å². The average Bonchev–Trinajstić information content (AvgIpc) is 3.09. The van der Waals surface area contributed by atoms with Crippen LogP contribution in [0.4, 0.5) is 0 Å². The average molecular weight is 293 g/mol. The molecule has 1 saturated heterocycles. The van der Waals surface area contributed by atoms with Crippen LogP contribution >= 0.6 is 0 Å².